The van der Waals surface area contributed by atoms with E-state index in [2.05, 4.69) is 9.47 Å². The highest BCUT2D eigenvalue weighted by molar-refractivity contribution is 5.80. The molecule has 0 aliphatic heterocycles. The first-order valence-electron chi connectivity index (χ1n) is 7.32. The Hall–Kier alpha value is -1.24. The Balaban J connectivity index is 5.12. The summed E-state index contributed by atoms with van der Waals surface area (Å²) in [6.07, 6.45) is -1.63. The van der Waals surface area contributed by atoms with E-state index >= 15 is 0 Å². The third-order valence-electron chi connectivity index (χ3n) is 4.08. The van der Waals surface area contributed by atoms with E-state index in [9.17, 15) is 18.4 Å². The first-order chi connectivity index (χ1) is 10.1. The van der Waals surface area contributed by atoms with Crippen molar-refractivity contribution >= 4 is 11.9 Å². The maximum atomic E-state index is 14.1. The van der Waals surface area contributed by atoms with Gasteiger partial charge >= 0.3 is 17.9 Å². The molecule has 0 aromatic rings. The van der Waals surface area contributed by atoms with E-state index in [-0.39, 0.29) is 12.3 Å². The number of ether oxygens (including phenoxy) is 3. The van der Waals surface area contributed by atoms with Gasteiger partial charge in [0.2, 0.25) is 0 Å². The van der Waals surface area contributed by atoms with Gasteiger partial charge in [-0.3, -0.25) is 4.79 Å². The molecule has 0 aliphatic rings. The van der Waals surface area contributed by atoms with Crippen molar-refractivity contribution in [3.05, 3.63) is 0 Å². The molecular weight excluding hydrogens is 298 g/mol. The summed E-state index contributed by atoms with van der Waals surface area (Å²) in [5, 5.41) is 0. The average molecular weight is 324 g/mol. The Morgan fingerprint density at radius 2 is 1.68 bits per heavy atom. The average Bonchev–Trinajstić information content (AvgIpc) is 2.48. The van der Waals surface area contributed by atoms with E-state index in [1.165, 1.54) is 14.0 Å². The molecule has 0 bridgehead atoms. The molecule has 2 unspecified atom stereocenters. The summed E-state index contributed by atoms with van der Waals surface area (Å²) in [6, 6.07) is 0. The summed E-state index contributed by atoms with van der Waals surface area (Å²) in [5.41, 5.74) is -0.889. The van der Waals surface area contributed by atoms with Crippen molar-refractivity contribution in [2.75, 3.05) is 13.9 Å². The molecule has 0 N–H and O–H groups in total. The smallest absolute Gasteiger partial charge is 0.383 e. The number of rotatable bonds is 9. The van der Waals surface area contributed by atoms with Crippen molar-refractivity contribution in [1.29, 1.82) is 0 Å². The van der Waals surface area contributed by atoms with Crippen LogP contribution in [-0.2, 0) is 23.8 Å². The molecule has 22 heavy (non-hydrogen) atoms. The van der Waals surface area contributed by atoms with Crippen LogP contribution in [0.15, 0.2) is 0 Å². The summed E-state index contributed by atoms with van der Waals surface area (Å²) in [6.45, 7) is 7.90. The molecule has 2 atom stereocenters. The molecule has 0 amide bonds. The molecule has 5 nitrogen and oxygen atoms in total. The lowest BCUT2D eigenvalue weighted by atomic mass is 9.77. The highest BCUT2D eigenvalue weighted by atomic mass is 19.3. The maximum Gasteiger partial charge on any atom is 0.383 e. The maximum absolute atomic E-state index is 14.1. The minimum atomic E-state index is -3.92. The molecule has 0 spiro atoms. The second-order valence-corrected chi connectivity index (χ2v) is 5.69. The van der Waals surface area contributed by atoms with E-state index in [1.807, 2.05) is 13.8 Å². The predicted octanol–water partition coefficient (Wildman–Crippen LogP) is 3.16. The third-order valence-corrected chi connectivity index (χ3v) is 4.08. The SMILES string of the molecule is CCC(OC(=O)C(C)(CC)C(C)C)C(F)(F)C(=O)OCOC. The fraction of sp³-hybridized carbons (Fsp3) is 0.867. The molecule has 130 valence electrons. The van der Waals surface area contributed by atoms with Crippen LogP contribution in [0.25, 0.3) is 0 Å². The highest BCUT2D eigenvalue weighted by Crippen LogP contribution is 2.35. The van der Waals surface area contributed by atoms with Gasteiger partial charge in [-0.25, -0.2) is 4.79 Å². The van der Waals surface area contributed by atoms with Crippen LogP contribution in [0.4, 0.5) is 8.78 Å². The number of methoxy groups -OCH3 is 1. The topological polar surface area (TPSA) is 61.8 Å². The van der Waals surface area contributed by atoms with Crippen LogP contribution in [0.5, 0.6) is 0 Å². The van der Waals surface area contributed by atoms with Gasteiger partial charge in [0, 0.05) is 7.11 Å². The molecule has 0 aromatic carbocycles. The minimum absolute atomic E-state index is 0.0865. The monoisotopic (exact) mass is 324 g/mol. The second kappa shape index (κ2) is 8.41. The van der Waals surface area contributed by atoms with Crippen LogP contribution in [0.1, 0.15) is 47.5 Å². The van der Waals surface area contributed by atoms with Crippen molar-refractivity contribution < 1.29 is 32.6 Å². The van der Waals surface area contributed by atoms with Crippen LogP contribution >= 0.6 is 0 Å². The molecule has 0 fully saturated rings. The van der Waals surface area contributed by atoms with Gasteiger partial charge in [0.25, 0.3) is 0 Å². The fourth-order valence-electron chi connectivity index (χ4n) is 1.81. The van der Waals surface area contributed by atoms with Gasteiger partial charge in [-0.05, 0) is 25.7 Å². The molecule has 0 heterocycles. The summed E-state index contributed by atoms with van der Waals surface area (Å²) in [5.74, 6) is -6.52. The molecule has 0 radical (unpaired) electrons. The molecular formula is C15H26F2O5. The van der Waals surface area contributed by atoms with Gasteiger partial charge in [-0.15, -0.1) is 0 Å². The fourth-order valence-corrected chi connectivity index (χ4v) is 1.81. The Labute approximate surface area is 130 Å². The van der Waals surface area contributed by atoms with Crippen LogP contribution in [-0.4, -0.2) is 37.9 Å². The summed E-state index contributed by atoms with van der Waals surface area (Å²) in [4.78, 5) is 23.7. The predicted molar refractivity (Wildman–Crippen MR) is 76.3 cm³/mol. The Bertz CT molecular complexity index is 384. The van der Waals surface area contributed by atoms with Crippen molar-refractivity contribution in [3.63, 3.8) is 0 Å². The van der Waals surface area contributed by atoms with Crippen molar-refractivity contribution in [3.8, 4) is 0 Å². The normalized spacial score (nSPS) is 16.0. The molecule has 0 saturated heterocycles. The standard InChI is InChI=1S/C15H26F2O5/c1-7-11(15(16,17)13(19)21-9-20-6)22-12(18)14(5,8-2)10(3)4/h10-11H,7-9H2,1-6H3. The van der Waals surface area contributed by atoms with Gasteiger partial charge in [0.15, 0.2) is 12.9 Å². The van der Waals surface area contributed by atoms with Gasteiger partial charge < -0.3 is 14.2 Å². The number of carbonyl (C=O) groups is 2. The number of halogens is 2. The van der Waals surface area contributed by atoms with E-state index in [0.717, 1.165) is 0 Å². The van der Waals surface area contributed by atoms with Crippen LogP contribution in [0.3, 0.4) is 0 Å². The minimum Gasteiger partial charge on any atom is -0.455 e. The number of carbonyl (C=O) groups excluding carboxylic acids is 2. The lowest BCUT2D eigenvalue weighted by Crippen LogP contribution is -2.47. The Morgan fingerprint density at radius 1 is 1.14 bits per heavy atom. The Morgan fingerprint density at radius 3 is 2.05 bits per heavy atom. The van der Waals surface area contributed by atoms with Crippen LogP contribution < -0.4 is 0 Å². The van der Waals surface area contributed by atoms with Crippen molar-refractivity contribution in [2.24, 2.45) is 11.3 Å². The van der Waals surface area contributed by atoms with Gasteiger partial charge in [0.1, 0.15) is 0 Å². The number of esters is 2. The molecule has 0 rings (SSSR count). The summed E-state index contributed by atoms with van der Waals surface area (Å²) >= 11 is 0. The Kier molecular flexibility index (Phi) is 7.93. The quantitative estimate of drug-likeness (QED) is 0.481. The lowest BCUT2D eigenvalue weighted by molar-refractivity contribution is -0.209. The van der Waals surface area contributed by atoms with Crippen molar-refractivity contribution in [2.45, 2.75) is 59.5 Å². The summed E-state index contributed by atoms with van der Waals surface area (Å²) < 4.78 is 41.8. The zero-order chi connectivity index (χ0) is 17.6. The zero-order valence-corrected chi connectivity index (χ0v) is 14.1. The third kappa shape index (κ3) is 4.63. The molecule has 7 heteroatoms. The number of alkyl halides is 2. The molecule has 0 aliphatic carbocycles. The molecule has 0 saturated carbocycles. The van der Waals surface area contributed by atoms with E-state index in [0.29, 0.717) is 6.42 Å². The first-order valence-corrected chi connectivity index (χ1v) is 7.32. The zero-order valence-electron chi connectivity index (χ0n) is 14.1. The van der Waals surface area contributed by atoms with Crippen LogP contribution in [0.2, 0.25) is 0 Å². The molecule has 0 aromatic heterocycles. The second-order valence-electron chi connectivity index (χ2n) is 5.69. The highest BCUT2D eigenvalue weighted by Gasteiger charge is 2.52. The van der Waals surface area contributed by atoms with Gasteiger partial charge in [-0.2, -0.15) is 8.78 Å². The van der Waals surface area contributed by atoms with E-state index in [1.54, 1.807) is 13.8 Å². The number of hydrogen-bond donors (Lipinski definition) is 0. The summed E-state index contributed by atoms with van der Waals surface area (Å²) in [7, 11) is 1.21. The van der Waals surface area contributed by atoms with Crippen molar-refractivity contribution in [1.82, 2.24) is 0 Å². The number of hydrogen-bond acceptors (Lipinski definition) is 5. The first kappa shape index (κ1) is 20.8. The lowest BCUT2D eigenvalue weighted by Gasteiger charge is -2.33. The van der Waals surface area contributed by atoms with E-state index < -0.39 is 36.2 Å². The van der Waals surface area contributed by atoms with Gasteiger partial charge in [0.05, 0.1) is 5.41 Å². The largest absolute Gasteiger partial charge is 0.455 e. The van der Waals surface area contributed by atoms with Gasteiger partial charge in [-0.1, -0.05) is 27.7 Å². The van der Waals surface area contributed by atoms with Crippen LogP contribution in [0, 0.1) is 11.3 Å². The van der Waals surface area contributed by atoms with E-state index in [4.69, 9.17) is 4.74 Å².